The fourth-order valence-electron chi connectivity index (χ4n) is 2.13. The highest BCUT2D eigenvalue weighted by atomic mass is 35.5. The lowest BCUT2D eigenvalue weighted by molar-refractivity contribution is 0.0488. The third-order valence-corrected chi connectivity index (χ3v) is 4.44. The average Bonchev–Trinajstić information content (AvgIpc) is 2.97. The quantitative estimate of drug-likeness (QED) is 0.598. The summed E-state index contributed by atoms with van der Waals surface area (Å²) in [6.07, 6.45) is 0.539. The number of aromatic nitrogens is 4. The summed E-state index contributed by atoms with van der Waals surface area (Å²) in [7, 11) is 0. The van der Waals surface area contributed by atoms with Crippen molar-refractivity contribution < 1.29 is 14.6 Å². The molecular formula is C15H20Cl2N4O3. The van der Waals surface area contributed by atoms with Crippen LogP contribution in [0.3, 0.4) is 0 Å². The van der Waals surface area contributed by atoms with Gasteiger partial charge in [0.1, 0.15) is 11.3 Å². The Balaban J connectivity index is 1.91. The lowest BCUT2D eigenvalue weighted by atomic mass is 10.1. The highest BCUT2D eigenvalue weighted by Crippen LogP contribution is 2.29. The van der Waals surface area contributed by atoms with E-state index in [0.29, 0.717) is 29.4 Å². The van der Waals surface area contributed by atoms with E-state index in [2.05, 4.69) is 15.3 Å². The van der Waals surface area contributed by atoms with E-state index in [9.17, 15) is 9.90 Å². The van der Waals surface area contributed by atoms with Crippen molar-refractivity contribution in [2.24, 2.45) is 0 Å². The number of aromatic amines is 1. The second-order valence-electron chi connectivity index (χ2n) is 6.03. The Hall–Kier alpha value is -1.57. The molecule has 2 heterocycles. The molecule has 0 spiro atoms. The van der Waals surface area contributed by atoms with Crippen molar-refractivity contribution in [1.82, 2.24) is 20.0 Å². The first kappa shape index (κ1) is 18.8. The molecule has 0 aliphatic heterocycles. The van der Waals surface area contributed by atoms with Crippen LogP contribution in [0.4, 0.5) is 0 Å². The van der Waals surface area contributed by atoms with E-state index in [1.54, 1.807) is 25.5 Å². The Bertz CT molecular complexity index is 747. The monoisotopic (exact) mass is 374 g/mol. The SMILES string of the molecule is Cc1[nH]nc(C(=O)OCCCn2nc(C(C)(C)O)c(Cl)c2C)c1Cl. The summed E-state index contributed by atoms with van der Waals surface area (Å²) in [6, 6.07) is 0. The van der Waals surface area contributed by atoms with Crippen LogP contribution in [-0.2, 0) is 16.9 Å². The summed E-state index contributed by atoms with van der Waals surface area (Å²) in [5.74, 6) is -0.572. The number of carbonyl (C=O) groups is 1. The molecule has 24 heavy (non-hydrogen) atoms. The molecule has 2 aromatic heterocycles. The molecule has 132 valence electrons. The fraction of sp³-hybridized carbons (Fsp3) is 0.533. The number of H-pyrrole nitrogens is 1. The highest BCUT2D eigenvalue weighted by molar-refractivity contribution is 6.33. The Morgan fingerprint density at radius 2 is 2.00 bits per heavy atom. The molecule has 2 rings (SSSR count). The zero-order valence-electron chi connectivity index (χ0n) is 14.0. The Morgan fingerprint density at radius 1 is 1.33 bits per heavy atom. The molecule has 2 aromatic rings. The minimum atomic E-state index is -1.12. The van der Waals surface area contributed by atoms with Gasteiger partial charge in [0.05, 0.1) is 28.0 Å². The molecular weight excluding hydrogens is 355 g/mol. The minimum Gasteiger partial charge on any atom is -0.461 e. The van der Waals surface area contributed by atoms with Crippen LogP contribution in [-0.4, -0.2) is 37.7 Å². The van der Waals surface area contributed by atoms with Crippen LogP contribution in [0.5, 0.6) is 0 Å². The maximum atomic E-state index is 11.9. The van der Waals surface area contributed by atoms with Crippen LogP contribution >= 0.6 is 23.2 Å². The normalized spacial score (nSPS) is 11.8. The van der Waals surface area contributed by atoms with Crippen LogP contribution in [0.2, 0.25) is 10.0 Å². The third-order valence-electron chi connectivity index (χ3n) is 3.53. The molecule has 0 aliphatic rings. The number of hydrogen-bond donors (Lipinski definition) is 2. The summed E-state index contributed by atoms with van der Waals surface area (Å²) in [4.78, 5) is 11.9. The number of rotatable bonds is 6. The van der Waals surface area contributed by atoms with Crippen LogP contribution < -0.4 is 0 Å². The predicted molar refractivity (Wildman–Crippen MR) is 90.5 cm³/mol. The molecule has 9 heteroatoms. The number of aryl methyl sites for hydroxylation is 2. The molecule has 0 radical (unpaired) electrons. The van der Waals surface area contributed by atoms with E-state index in [1.807, 2.05) is 6.92 Å². The molecule has 0 fully saturated rings. The number of esters is 1. The molecule has 0 bridgehead atoms. The van der Waals surface area contributed by atoms with Gasteiger partial charge in [-0.2, -0.15) is 10.2 Å². The first-order valence-corrected chi connectivity index (χ1v) is 8.22. The first-order chi connectivity index (χ1) is 11.1. The molecule has 0 aliphatic carbocycles. The van der Waals surface area contributed by atoms with Gasteiger partial charge < -0.3 is 9.84 Å². The number of nitrogens with zero attached hydrogens (tertiary/aromatic N) is 3. The number of aliphatic hydroxyl groups is 1. The molecule has 7 nitrogen and oxygen atoms in total. The van der Waals surface area contributed by atoms with Crippen LogP contribution in [0.1, 0.15) is 47.8 Å². The van der Waals surface area contributed by atoms with Crippen molar-refractivity contribution in [2.75, 3.05) is 6.61 Å². The second kappa shape index (κ2) is 7.13. The van der Waals surface area contributed by atoms with Crippen LogP contribution in [0.15, 0.2) is 0 Å². The average molecular weight is 375 g/mol. The zero-order chi connectivity index (χ0) is 18.1. The van der Waals surface area contributed by atoms with E-state index in [4.69, 9.17) is 27.9 Å². The van der Waals surface area contributed by atoms with Crippen LogP contribution in [0, 0.1) is 13.8 Å². The largest absolute Gasteiger partial charge is 0.461 e. The van der Waals surface area contributed by atoms with Gasteiger partial charge >= 0.3 is 5.97 Å². The maximum Gasteiger partial charge on any atom is 0.360 e. The van der Waals surface area contributed by atoms with Crippen molar-refractivity contribution in [1.29, 1.82) is 0 Å². The zero-order valence-corrected chi connectivity index (χ0v) is 15.5. The molecule has 0 atom stereocenters. The first-order valence-electron chi connectivity index (χ1n) is 7.46. The molecule has 0 saturated heterocycles. The lowest BCUT2D eigenvalue weighted by Gasteiger charge is -2.14. The van der Waals surface area contributed by atoms with Gasteiger partial charge in [0.25, 0.3) is 0 Å². The van der Waals surface area contributed by atoms with Crippen molar-refractivity contribution in [3.05, 3.63) is 32.8 Å². The summed E-state index contributed by atoms with van der Waals surface area (Å²) in [5.41, 5.74) is 0.763. The predicted octanol–water partition coefficient (Wildman–Crippen LogP) is 3.00. The van der Waals surface area contributed by atoms with Gasteiger partial charge in [0, 0.05) is 13.0 Å². The van der Waals surface area contributed by atoms with E-state index in [0.717, 1.165) is 5.69 Å². The Morgan fingerprint density at radius 3 is 2.50 bits per heavy atom. The van der Waals surface area contributed by atoms with E-state index in [-0.39, 0.29) is 17.3 Å². The number of carbonyl (C=O) groups excluding carboxylic acids is 1. The smallest absolute Gasteiger partial charge is 0.360 e. The Kier molecular flexibility index (Phi) is 5.57. The Labute approximate surface area is 149 Å². The van der Waals surface area contributed by atoms with Gasteiger partial charge in [-0.25, -0.2) is 4.79 Å². The lowest BCUT2D eigenvalue weighted by Crippen LogP contribution is -2.17. The summed E-state index contributed by atoms with van der Waals surface area (Å²) in [5, 5.41) is 21.5. The molecule has 0 saturated carbocycles. The maximum absolute atomic E-state index is 11.9. The summed E-state index contributed by atoms with van der Waals surface area (Å²) in [6.45, 7) is 7.49. The van der Waals surface area contributed by atoms with Crippen molar-refractivity contribution >= 4 is 29.2 Å². The van der Waals surface area contributed by atoms with E-state index >= 15 is 0 Å². The van der Waals surface area contributed by atoms with Crippen LogP contribution in [0.25, 0.3) is 0 Å². The van der Waals surface area contributed by atoms with Crippen molar-refractivity contribution in [3.8, 4) is 0 Å². The van der Waals surface area contributed by atoms with Gasteiger partial charge in [0.2, 0.25) is 0 Å². The van der Waals surface area contributed by atoms with Crippen molar-refractivity contribution in [3.63, 3.8) is 0 Å². The third kappa shape index (κ3) is 3.91. The van der Waals surface area contributed by atoms with Gasteiger partial charge in [0.15, 0.2) is 5.69 Å². The molecule has 0 amide bonds. The molecule has 2 N–H and O–H groups in total. The van der Waals surface area contributed by atoms with Gasteiger partial charge in [-0.3, -0.25) is 9.78 Å². The topological polar surface area (TPSA) is 93.0 Å². The fourth-order valence-corrected chi connectivity index (χ4v) is 2.66. The minimum absolute atomic E-state index is 0.0804. The van der Waals surface area contributed by atoms with Gasteiger partial charge in [-0.05, 0) is 27.7 Å². The summed E-state index contributed by atoms with van der Waals surface area (Å²) >= 11 is 12.2. The second-order valence-corrected chi connectivity index (χ2v) is 6.79. The van der Waals surface area contributed by atoms with Gasteiger partial charge in [-0.1, -0.05) is 23.2 Å². The standard InChI is InChI=1S/C15H20Cl2N4O3/c1-8-10(16)12(19-18-8)14(22)24-7-5-6-21-9(2)11(17)13(20-21)15(3,4)23/h23H,5-7H2,1-4H3,(H,18,19). The molecule has 0 aromatic carbocycles. The number of ether oxygens (including phenoxy) is 1. The highest BCUT2D eigenvalue weighted by Gasteiger charge is 2.26. The van der Waals surface area contributed by atoms with Gasteiger partial charge in [-0.15, -0.1) is 0 Å². The van der Waals surface area contributed by atoms with E-state index in [1.165, 1.54) is 0 Å². The summed E-state index contributed by atoms with van der Waals surface area (Å²) < 4.78 is 6.85. The van der Waals surface area contributed by atoms with E-state index < -0.39 is 11.6 Å². The molecule has 0 unspecified atom stereocenters. The van der Waals surface area contributed by atoms with Crippen molar-refractivity contribution in [2.45, 2.75) is 46.3 Å². The number of nitrogens with one attached hydrogen (secondary N) is 1. The number of hydrogen-bond acceptors (Lipinski definition) is 5. The number of halogens is 2.